The number of hydrogen-bond acceptors (Lipinski definition) is 3. The first-order valence-corrected chi connectivity index (χ1v) is 10.9. The summed E-state index contributed by atoms with van der Waals surface area (Å²) in [6.45, 7) is 1.27. The molecule has 0 spiro atoms. The van der Waals surface area contributed by atoms with Crippen LogP contribution in [0.2, 0.25) is 5.02 Å². The Morgan fingerprint density at radius 2 is 1.71 bits per heavy atom. The van der Waals surface area contributed by atoms with Crippen molar-refractivity contribution in [3.8, 4) is 11.8 Å². The van der Waals surface area contributed by atoms with Gasteiger partial charge in [-0.05, 0) is 49.2 Å². The Morgan fingerprint density at radius 3 is 2.39 bits per heavy atom. The Labute approximate surface area is 170 Å². The van der Waals surface area contributed by atoms with Crippen molar-refractivity contribution >= 4 is 27.5 Å². The number of hydrogen-bond donors (Lipinski definition) is 1. The zero-order chi connectivity index (χ0) is 20.0. The van der Waals surface area contributed by atoms with Gasteiger partial charge in [0.15, 0.2) is 0 Å². The van der Waals surface area contributed by atoms with Crippen LogP contribution in [0.3, 0.4) is 0 Å². The lowest BCUT2D eigenvalue weighted by Crippen LogP contribution is -2.35. The number of carbonyl (C=O) groups excluding carboxylic acids is 1. The summed E-state index contributed by atoms with van der Waals surface area (Å²) < 4.78 is 26.8. The van der Waals surface area contributed by atoms with Crippen molar-refractivity contribution in [2.45, 2.75) is 24.2 Å². The average Bonchev–Trinajstić information content (AvgIpc) is 2.73. The number of carbonyl (C=O) groups is 1. The van der Waals surface area contributed by atoms with Gasteiger partial charge in [-0.25, -0.2) is 8.42 Å². The molecule has 0 saturated carbocycles. The number of nitrogens with zero attached hydrogens (tertiary/aromatic N) is 1. The third kappa shape index (κ3) is 4.93. The van der Waals surface area contributed by atoms with E-state index in [1.807, 2.05) is 12.1 Å². The van der Waals surface area contributed by atoms with E-state index in [1.165, 1.54) is 28.6 Å². The van der Waals surface area contributed by atoms with E-state index in [0.717, 1.165) is 19.3 Å². The summed E-state index contributed by atoms with van der Waals surface area (Å²) in [5, 5.41) is 3.26. The summed E-state index contributed by atoms with van der Waals surface area (Å²) in [7, 11) is -3.49. The van der Waals surface area contributed by atoms with Crippen LogP contribution in [0.25, 0.3) is 0 Å². The Bertz CT molecular complexity index is 1000. The fourth-order valence-corrected chi connectivity index (χ4v) is 4.66. The van der Waals surface area contributed by atoms with Gasteiger partial charge < -0.3 is 5.32 Å². The second kappa shape index (κ2) is 9.24. The van der Waals surface area contributed by atoms with E-state index in [9.17, 15) is 13.2 Å². The molecule has 1 aliphatic rings. The van der Waals surface area contributed by atoms with Crippen molar-refractivity contribution in [2.24, 2.45) is 0 Å². The van der Waals surface area contributed by atoms with Crippen LogP contribution in [-0.4, -0.2) is 38.3 Å². The van der Waals surface area contributed by atoms with Crippen molar-refractivity contribution in [3.63, 3.8) is 0 Å². The van der Waals surface area contributed by atoms with Crippen LogP contribution in [-0.2, 0) is 10.0 Å². The molecule has 1 fully saturated rings. The SMILES string of the molecule is O=C(NCC#Cc1ccccc1Cl)c1ccc(S(=O)(=O)N2CCCCC2)cc1. The van der Waals surface area contributed by atoms with E-state index < -0.39 is 10.0 Å². The van der Waals surface area contributed by atoms with E-state index in [-0.39, 0.29) is 17.3 Å². The summed E-state index contributed by atoms with van der Waals surface area (Å²) in [6.07, 6.45) is 2.83. The van der Waals surface area contributed by atoms with Crippen LogP contribution in [0.1, 0.15) is 35.2 Å². The Balaban J connectivity index is 1.60. The molecule has 1 amide bonds. The van der Waals surface area contributed by atoms with Crippen LogP contribution in [0.4, 0.5) is 0 Å². The molecule has 0 atom stereocenters. The van der Waals surface area contributed by atoms with Crippen LogP contribution in [0, 0.1) is 11.8 Å². The number of rotatable bonds is 4. The van der Waals surface area contributed by atoms with Gasteiger partial charge >= 0.3 is 0 Å². The molecular weight excluding hydrogens is 396 g/mol. The van der Waals surface area contributed by atoms with Crippen molar-refractivity contribution in [3.05, 3.63) is 64.7 Å². The van der Waals surface area contributed by atoms with Gasteiger partial charge in [0.2, 0.25) is 10.0 Å². The minimum absolute atomic E-state index is 0.165. The summed E-state index contributed by atoms with van der Waals surface area (Å²) in [6, 6.07) is 13.2. The van der Waals surface area contributed by atoms with Crippen LogP contribution < -0.4 is 5.32 Å². The third-order valence-corrected chi connectivity index (χ3v) is 6.75. The Hall–Kier alpha value is -2.33. The van der Waals surface area contributed by atoms with Gasteiger partial charge in [-0.2, -0.15) is 4.31 Å². The lowest BCUT2D eigenvalue weighted by atomic mass is 10.2. The monoisotopic (exact) mass is 416 g/mol. The molecular formula is C21H21ClN2O3S. The largest absolute Gasteiger partial charge is 0.341 e. The number of amides is 1. The molecule has 28 heavy (non-hydrogen) atoms. The van der Waals surface area contributed by atoms with Crippen molar-refractivity contribution in [1.29, 1.82) is 0 Å². The van der Waals surface area contributed by atoms with Crippen LogP contribution >= 0.6 is 11.6 Å². The molecule has 0 aromatic heterocycles. The maximum atomic E-state index is 12.6. The quantitative estimate of drug-likeness (QED) is 0.777. The van der Waals surface area contributed by atoms with Gasteiger partial charge in [0.05, 0.1) is 16.5 Å². The second-order valence-corrected chi connectivity index (χ2v) is 8.80. The van der Waals surface area contributed by atoms with Gasteiger partial charge in [0, 0.05) is 24.2 Å². The third-order valence-electron chi connectivity index (χ3n) is 4.50. The van der Waals surface area contributed by atoms with Gasteiger partial charge in [-0.15, -0.1) is 0 Å². The highest BCUT2D eigenvalue weighted by Gasteiger charge is 2.25. The summed E-state index contributed by atoms with van der Waals surface area (Å²) in [5.41, 5.74) is 1.09. The molecule has 0 unspecified atom stereocenters. The summed E-state index contributed by atoms with van der Waals surface area (Å²) in [5.74, 6) is 5.45. The van der Waals surface area contributed by atoms with E-state index in [1.54, 1.807) is 12.1 Å². The summed E-state index contributed by atoms with van der Waals surface area (Å²) in [4.78, 5) is 12.4. The Morgan fingerprint density at radius 1 is 1.04 bits per heavy atom. The molecule has 0 bridgehead atoms. The van der Waals surface area contributed by atoms with E-state index >= 15 is 0 Å². The van der Waals surface area contributed by atoms with Crippen molar-refractivity contribution < 1.29 is 13.2 Å². The highest BCUT2D eigenvalue weighted by Crippen LogP contribution is 2.20. The van der Waals surface area contributed by atoms with Crippen molar-refractivity contribution in [1.82, 2.24) is 9.62 Å². The first-order valence-electron chi connectivity index (χ1n) is 9.10. The minimum Gasteiger partial charge on any atom is -0.341 e. The first kappa shape index (κ1) is 20.4. The predicted molar refractivity (Wildman–Crippen MR) is 110 cm³/mol. The standard InChI is InChI=1S/C21H21ClN2O3S/c22-20-9-3-2-7-17(20)8-6-14-23-21(25)18-10-12-19(13-11-18)28(26,27)24-15-4-1-5-16-24/h2-3,7,9-13H,1,4-5,14-16H2,(H,23,25). The van der Waals surface area contributed by atoms with Gasteiger partial charge in [-0.1, -0.05) is 42.0 Å². The van der Waals surface area contributed by atoms with Gasteiger partial charge in [0.25, 0.3) is 5.91 Å². The molecule has 1 saturated heterocycles. The molecule has 7 heteroatoms. The Kier molecular flexibility index (Phi) is 6.74. The van der Waals surface area contributed by atoms with Gasteiger partial charge in [-0.3, -0.25) is 4.79 Å². The first-order chi connectivity index (χ1) is 13.5. The topological polar surface area (TPSA) is 66.5 Å². The lowest BCUT2D eigenvalue weighted by molar-refractivity contribution is 0.0958. The number of piperidine rings is 1. The minimum atomic E-state index is -3.49. The van der Waals surface area contributed by atoms with Crippen LogP contribution in [0.15, 0.2) is 53.4 Å². The molecule has 2 aromatic rings. The fourth-order valence-electron chi connectivity index (χ4n) is 2.96. The normalized spacial score (nSPS) is 14.8. The number of nitrogens with one attached hydrogen (secondary N) is 1. The maximum Gasteiger partial charge on any atom is 0.252 e. The molecule has 1 aliphatic heterocycles. The molecule has 146 valence electrons. The van der Waals surface area contributed by atoms with E-state index in [4.69, 9.17) is 11.6 Å². The number of halogens is 1. The van der Waals surface area contributed by atoms with E-state index in [0.29, 0.717) is 29.2 Å². The summed E-state index contributed by atoms with van der Waals surface area (Å²) >= 11 is 6.03. The highest BCUT2D eigenvalue weighted by molar-refractivity contribution is 7.89. The fraction of sp³-hybridized carbons (Fsp3) is 0.286. The molecule has 3 rings (SSSR count). The molecule has 0 radical (unpaired) electrons. The number of benzene rings is 2. The van der Waals surface area contributed by atoms with Gasteiger partial charge in [0.1, 0.15) is 0 Å². The molecule has 1 N–H and O–H groups in total. The lowest BCUT2D eigenvalue weighted by Gasteiger charge is -2.25. The second-order valence-electron chi connectivity index (χ2n) is 6.45. The molecule has 1 heterocycles. The number of sulfonamides is 1. The zero-order valence-electron chi connectivity index (χ0n) is 15.3. The zero-order valence-corrected chi connectivity index (χ0v) is 16.9. The molecule has 2 aromatic carbocycles. The predicted octanol–water partition coefficient (Wildman–Crippen LogP) is 3.30. The maximum absolute atomic E-state index is 12.6. The molecule has 0 aliphatic carbocycles. The van der Waals surface area contributed by atoms with Crippen LogP contribution in [0.5, 0.6) is 0 Å². The van der Waals surface area contributed by atoms with Crippen molar-refractivity contribution in [2.75, 3.05) is 19.6 Å². The average molecular weight is 417 g/mol. The van der Waals surface area contributed by atoms with E-state index in [2.05, 4.69) is 17.2 Å². The highest BCUT2D eigenvalue weighted by atomic mass is 35.5. The molecule has 5 nitrogen and oxygen atoms in total. The smallest absolute Gasteiger partial charge is 0.252 e.